The van der Waals surface area contributed by atoms with E-state index in [1.165, 1.54) is 12.8 Å². The maximum Gasteiger partial charge on any atom is 0.0622 e. The summed E-state index contributed by atoms with van der Waals surface area (Å²) in [6.07, 6.45) is 2.58. The zero-order valence-corrected chi connectivity index (χ0v) is 14.2. The molecule has 2 aliphatic carbocycles. The molecule has 0 saturated heterocycles. The lowest BCUT2D eigenvalue weighted by atomic mass is 9.55. The highest BCUT2D eigenvalue weighted by Crippen LogP contribution is 2.65. The fourth-order valence-corrected chi connectivity index (χ4v) is 5.60. The van der Waals surface area contributed by atoms with Gasteiger partial charge in [-0.2, -0.15) is 0 Å². The molecule has 0 aromatic rings. The van der Waals surface area contributed by atoms with E-state index in [9.17, 15) is 5.11 Å². The van der Waals surface area contributed by atoms with Crippen LogP contribution in [0.25, 0.3) is 0 Å². The first-order valence-corrected chi connectivity index (χ1v) is 8.06. The van der Waals surface area contributed by atoms with Gasteiger partial charge in [0.15, 0.2) is 0 Å². The minimum atomic E-state index is -0.508. The van der Waals surface area contributed by atoms with E-state index in [2.05, 4.69) is 41.5 Å². The second kappa shape index (κ2) is 4.23. The van der Waals surface area contributed by atoms with Crippen molar-refractivity contribution in [3.05, 3.63) is 0 Å². The molecular weight excluding hydrogens is 232 g/mol. The van der Waals surface area contributed by atoms with Gasteiger partial charge in [-0.15, -0.1) is 0 Å². The SMILES string of the molecule is CC(C)(C)C1C2C[C@H](C[C@@H]2C(C)(C)O)C1C(C)(C)C. The molecule has 0 aliphatic heterocycles. The van der Waals surface area contributed by atoms with E-state index in [-0.39, 0.29) is 0 Å². The summed E-state index contributed by atoms with van der Waals surface area (Å²) in [4.78, 5) is 0. The van der Waals surface area contributed by atoms with Crippen LogP contribution in [0.5, 0.6) is 0 Å². The van der Waals surface area contributed by atoms with Gasteiger partial charge in [0.05, 0.1) is 5.60 Å². The number of hydrogen-bond donors (Lipinski definition) is 1. The highest BCUT2D eigenvalue weighted by Gasteiger charge is 2.60. The molecule has 112 valence electrons. The molecule has 5 atom stereocenters. The number of aliphatic hydroxyl groups is 1. The third-order valence-electron chi connectivity index (χ3n) is 5.91. The fourth-order valence-electron chi connectivity index (χ4n) is 5.60. The summed E-state index contributed by atoms with van der Waals surface area (Å²) in [7, 11) is 0. The highest BCUT2D eigenvalue weighted by atomic mass is 16.3. The molecule has 3 unspecified atom stereocenters. The van der Waals surface area contributed by atoms with E-state index in [0.717, 1.165) is 17.8 Å². The third-order valence-corrected chi connectivity index (χ3v) is 5.91. The molecule has 0 radical (unpaired) electrons. The van der Waals surface area contributed by atoms with Crippen molar-refractivity contribution in [3.8, 4) is 0 Å². The topological polar surface area (TPSA) is 20.2 Å². The molecule has 2 rings (SSSR count). The molecule has 0 heterocycles. The Morgan fingerprint density at radius 2 is 1.21 bits per heavy atom. The molecule has 0 aromatic carbocycles. The van der Waals surface area contributed by atoms with Gasteiger partial charge >= 0.3 is 0 Å². The van der Waals surface area contributed by atoms with Crippen molar-refractivity contribution in [1.82, 2.24) is 0 Å². The van der Waals surface area contributed by atoms with Crippen LogP contribution < -0.4 is 0 Å². The summed E-state index contributed by atoms with van der Waals surface area (Å²) in [5, 5.41) is 10.5. The zero-order valence-electron chi connectivity index (χ0n) is 14.2. The lowest BCUT2D eigenvalue weighted by molar-refractivity contribution is -0.0710. The molecule has 2 aliphatic rings. The number of hydrogen-bond acceptors (Lipinski definition) is 1. The molecule has 2 bridgehead atoms. The fraction of sp³-hybridized carbons (Fsp3) is 1.00. The normalized spacial score (nSPS) is 39.9. The Labute approximate surface area is 120 Å². The summed E-state index contributed by atoms with van der Waals surface area (Å²) >= 11 is 0. The second-order valence-electron chi connectivity index (χ2n) is 9.94. The van der Waals surface area contributed by atoms with Crippen molar-refractivity contribution in [1.29, 1.82) is 0 Å². The Kier molecular flexibility index (Phi) is 3.42. The minimum absolute atomic E-state index is 0.348. The van der Waals surface area contributed by atoms with Crippen LogP contribution in [0.2, 0.25) is 0 Å². The van der Waals surface area contributed by atoms with Crippen molar-refractivity contribution in [2.45, 2.75) is 73.8 Å². The first-order chi connectivity index (χ1) is 8.33. The van der Waals surface area contributed by atoms with Gasteiger partial charge < -0.3 is 5.11 Å². The molecule has 2 saturated carbocycles. The van der Waals surface area contributed by atoms with E-state index in [4.69, 9.17) is 0 Å². The Morgan fingerprint density at radius 1 is 0.737 bits per heavy atom. The molecule has 2 fully saturated rings. The van der Waals surface area contributed by atoms with Crippen LogP contribution in [0, 0.1) is 40.4 Å². The van der Waals surface area contributed by atoms with Gasteiger partial charge in [0.2, 0.25) is 0 Å². The van der Waals surface area contributed by atoms with Crippen LogP contribution in [0.15, 0.2) is 0 Å². The van der Waals surface area contributed by atoms with Gasteiger partial charge in [-0.05, 0) is 67.1 Å². The van der Waals surface area contributed by atoms with E-state index in [1.54, 1.807) is 0 Å². The Balaban J connectivity index is 2.35. The molecular formula is C18H34O. The maximum absolute atomic E-state index is 10.5. The average molecular weight is 266 g/mol. The zero-order chi connectivity index (χ0) is 14.8. The maximum atomic E-state index is 10.5. The molecule has 0 aromatic heterocycles. The summed E-state index contributed by atoms with van der Waals surface area (Å²) in [6.45, 7) is 18.5. The second-order valence-corrected chi connectivity index (χ2v) is 9.94. The van der Waals surface area contributed by atoms with Crippen LogP contribution in [0.1, 0.15) is 68.2 Å². The molecule has 0 spiro atoms. The Bertz CT molecular complexity index is 336. The van der Waals surface area contributed by atoms with Crippen molar-refractivity contribution in [2.75, 3.05) is 0 Å². The molecule has 1 N–H and O–H groups in total. The van der Waals surface area contributed by atoms with Crippen molar-refractivity contribution in [2.24, 2.45) is 40.4 Å². The minimum Gasteiger partial charge on any atom is -0.390 e. The van der Waals surface area contributed by atoms with Gasteiger partial charge in [0.1, 0.15) is 0 Å². The van der Waals surface area contributed by atoms with Crippen LogP contribution in [-0.2, 0) is 0 Å². The lowest BCUT2D eigenvalue weighted by Gasteiger charge is -2.50. The van der Waals surface area contributed by atoms with Crippen LogP contribution in [-0.4, -0.2) is 10.7 Å². The third kappa shape index (κ3) is 2.60. The monoisotopic (exact) mass is 266 g/mol. The molecule has 0 amide bonds. The van der Waals surface area contributed by atoms with E-state index in [1.807, 2.05) is 13.8 Å². The van der Waals surface area contributed by atoms with E-state index >= 15 is 0 Å². The first-order valence-electron chi connectivity index (χ1n) is 8.06. The predicted molar refractivity (Wildman–Crippen MR) is 81.9 cm³/mol. The van der Waals surface area contributed by atoms with Crippen molar-refractivity contribution < 1.29 is 5.11 Å². The largest absolute Gasteiger partial charge is 0.390 e. The number of fused-ring (bicyclic) bond motifs is 2. The summed E-state index contributed by atoms with van der Waals surface area (Å²) in [5.41, 5.74) is 0.231. The van der Waals surface area contributed by atoms with Crippen molar-refractivity contribution in [3.63, 3.8) is 0 Å². The molecule has 1 heteroatoms. The smallest absolute Gasteiger partial charge is 0.0622 e. The quantitative estimate of drug-likeness (QED) is 0.727. The van der Waals surface area contributed by atoms with Gasteiger partial charge in [-0.25, -0.2) is 0 Å². The number of rotatable bonds is 1. The Morgan fingerprint density at radius 3 is 1.58 bits per heavy atom. The average Bonchev–Trinajstić information content (AvgIpc) is 2.68. The molecule has 19 heavy (non-hydrogen) atoms. The summed E-state index contributed by atoms with van der Waals surface area (Å²) < 4.78 is 0. The van der Waals surface area contributed by atoms with Crippen LogP contribution in [0.3, 0.4) is 0 Å². The van der Waals surface area contributed by atoms with Crippen molar-refractivity contribution >= 4 is 0 Å². The Hall–Kier alpha value is -0.0400. The van der Waals surface area contributed by atoms with Crippen LogP contribution in [0.4, 0.5) is 0 Å². The molecule has 1 nitrogen and oxygen atoms in total. The highest BCUT2D eigenvalue weighted by molar-refractivity contribution is 5.09. The summed E-state index contributed by atoms with van der Waals surface area (Å²) in [6, 6.07) is 0. The first kappa shape index (κ1) is 15.4. The predicted octanol–water partition coefficient (Wildman–Crippen LogP) is 4.74. The van der Waals surface area contributed by atoms with Gasteiger partial charge in [-0.3, -0.25) is 0 Å². The van der Waals surface area contributed by atoms with Gasteiger partial charge in [0, 0.05) is 0 Å². The van der Waals surface area contributed by atoms with Crippen LogP contribution >= 0.6 is 0 Å². The standard InChI is InChI=1S/C18H34O/c1-16(2,3)14-11-9-12(15(14)17(4,5)6)13(10-11)18(7,8)19/h11-15,19H,9-10H2,1-8H3/t11-,12?,13+,14?,15?/m1/s1. The summed E-state index contributed by atoms with van der Waals surface area (Å²) in [5.74, 6) is 3.61. The van der Waals surface area contributed by atoms with E-state index in [0.29, 0.717) is 22.7 Å². The van der Waals surface area contributed by atoms with E-state index < -0.39 is 5.60 Å². The van der Waals surface area contributed by atoms with Gasteiger partial charge in [0.25, 0.3) is 0 Å². The lowest BCUT2D eigenvalue weighted by Crippen LogP contribution is -2.47. The van der Waals surface area contributed by atoms with Gasteiger partial charge in [-0.1, -0.05) is 41.5 Å².